The Hall–Kier alpha value is -2.75. The zero-order valence-electron chi connectivity index (χ0n) is 17.3. The van der Waals surface area contributed by atoms with Gasteiger partial charge in [0, 0.05) is 31.3 Å². The minimum Gasteiger partial charge on any atom is -0.454 e. The molecule has 0 aliphatic carbocycles. The van der Waals surface area contributed by atoms with Crippen LogP contribution in [0.4, 0.5) is 5.69 Å². The first-order valence-electron chi connectivity index (χ1n) is 9.47. The Morgan fingerprint density at radius 2 is 1.58 bits per heavy atom. The van der Waals surface area contributed by atoms with Crippen LogP contribution in [0.3, 0.4) is 0 Å². The van der Waals surface area contributed by atoms with Gasteiger partial charge in [-0.25, -0.2) is 13.2 Å². The maximum atomic E-state index is 12.7. The minimum absolute atomic E-state index is 0.0150. The SMILES string of the molecule is CCN(CC)S(=O)(=O)c1cc(C(=O)OCC(=O)c2ccc(NC(C)=O)cc2)ccc1Cl. The van der Waals surface area contributed by atoms with Crippen LogP contribution in [0.15, 0.2) is 47.4 Å². The van der Waals surface area contributed by atoms with E-state index in [2.05, 4.69) is 5.32 Å². The molecule has 2 rings (SSSR count). The summed E-state index contributed by atoms with van der Waals surface area (Å²) < 4.78 is 31.8. The molecule has 0 unspecified atom stereocenters. The van der Waals surface area contributed by atoms with E-state index in [1.54, 1.807) is 26.0 Å². The number of hydrogen-bond acceptors (Lipinski definition) is 6. The molecule has 10 heteroatoms. The standard InChI is InChI=1S/C21H23ClN2O6S/c1-4-24(5-2)31(28,29)20-12-16(8-11-18(20)22)21(27)30-13-19(26)15-6-9-17(10-7-15)23-14(3)25/h6-12H,4-5,13H2,1-3H3,(H,23,25). The highest BCUT2D eigenvalue weighted by molar-refractivity contribution is 7.89. The van der Waals surface area contributed by atoms with Gasteiger partial charge >= 0.3 is 5.97 Å². The van der Waals surface area contributed by atoms with Gasteiger partial charge in [-0.3, -0.25) is 9.59 Å². The van der Waals surface area contributed by atoms with E-state index in [0.29, 0.717) is 11.3 Å². The van der Waals surface area contributed by atoms with Crippen LogP contribution < -0.4 is 5.32 Å². The third-order valence-electron chi connectivity index (χ3n) is 4.35. The lowest BCUT2D eigenvalue weighted by Gasteiger charge is -2.19. The zero-order chi connectivity index (χ0) is 23.2. The number of ketones is 1. The van der Waals surface area contributed by atoms with E-state index in [4.69, 9.17) is 16.3 Å². The number of nitrogens with one attached hydrogen (secondary N) is 1. The molecule has 0 heterocycles. The van der Waals surface area contributed by atoms with E-state index in [1.807, 2.05) is 0 Å². The number of hydrogen-bond donors (Lipinski definition) is 1. The van der Waals surface area contributed by atoms with Gasteiger partial charge in [-0.15, -0.1) is 0 Å². The van der Waals surface area contributed by atoms with Crippen molar-refractivity contribution in [3.63, 3.8) is 0 Å². The number of carbonyl (C=O) groups excluding carboxylic acids is 3. The molecule has 0 spiro atoms. The molecule has 1 N–H and O–H groups in total. The van der Waals surface area contributed by atoms with Crippen molar-refractivity contribution in [2.24, 2.45) is 0 Å². The Labute approximate surface area is 186 Å². The predicted octanol–water partition coefficient (Wildman–Crippen LogP) is 3.37. The number of benzene rings is 2. The van der Waals surface area contributed by atoms with Gasteiger partial charge in [0.05, 0.1) is 10.6 Å². The summed E-state index contributed by atoms with van der Waals surface area (Å²) >= 11 is 6.06. The summed E-state index contributed by atoms with van der Waals surface area (Å²) in [6.07, 6.45) is 0. The first kappa shape index (κ1) is 24.5. The topological polar surface area (TPSA) is 110 Å². The van der Waals surface area contributed by atoms with Crippen LogP contribution in [0.2, 0.25) is 5.02 Å². The Bertz CT molecular complexity index is 1080. The molecule has 166 valence electrons. The number of halogens is 1. The van der Waals surface area contributed by atoms with Crippen molar-refractivity contribution in [3.05, 3.63) is 58.6 Å². The largest absolute Gasteiger partial charge is 0.454 e. The number of rotatable bonds is 9. The van der Waals surface area contributed by atoms with Crippen molar-refractivity contribution >= 4 is 45.0 Å². The molecule has 0 radical (unpaired) electrons. The second-order valence-corrected chi connectivity index (χ2v) is 8.81. The number of amides is 1. The zero-order valence-corrected chi connectivity index (χ0v) is 18.9. The van der Waals surface area contributed by atoms with Gasteiger partial charge < -0.3 is 10.1 Å². The van der Waals surface area contributed by atoms with Crippen LogP contribution in [0.25, 0.3) is 0 Å². The highest BCUT2D eigenvalue weighted by Gasteiger charge is 2.26. The quantitative estimate of drug-likeness (QED) is 0.448. The van der Waals surface area contributed by atoms with Crippen LogP contribution in [0, 0.1) is 0 Å². The molecule has 8 nitrogen and oxygen atoms in total. The Morgan fingerprint density at radius 3 is 2.13 bits per heavy atom. The molecular weight excluding hydrogens is 444 g/mol. The lowest BCUT2D eigenvalue weighted by Crippen LogP contribution is -2.31. The molecule has 0 saturated carbocycles. The van der Waals surface area contributed by atoms with E-state index in [1.165, 1.54) is 35.5 Å². The molecule has 0 bridgehead atoms. The van der Waals surface area contributed by atoms with Crippen LogP contribution in [0.5, 0.6) is 0 Å². The predicted molar refractivity (Wildman–Crippen MR) is 117 cm³/mol. The van der Waals surface area contributed by atoms with Gasteiger partial charge in [0.15, 0.2) is 12.4 Å². The van der Waals surface area contributed by atoms with Gasteiger partial charge in [0.1, 0.15) is 4.90 Å². The third kappa shape index (κ3) is 6.13. The fourth-order valence-corrected chi connectivity index (χ4v) is 4.73. The number of esters is 1. The van der Waals surface area contributed by atoms with Gasteiger partial charge in [-0.1, -0.05) is 25.4 Å². The highest BCUT2D eigenvalue weighted by Crippen LogP contribution is 2.26. The van der Waals surface area contributed by atoms with Crippen molar-refractivity contribution in [2.75, 3.05) is 25.0 Å². The number of ether oxygens (including phenoxy) is 1. The van der Waals surface area contributed by atoms with Crippen molar-refractivity contribution < 1.29 is 27.5 Å². The van der Waals surface area contributed by atoms with Gasteiger partial charge in [-0.2, -0.15) is 4.31 Å². The molecule has 0 aromatic heterocycles. The van der Waals surface area contributed by atoms with Crippen LogP contribution in [-0.4, -0.2) is 50.1 Å². The summed E-state index contributed by atoms with van der Waals surface area (Å²) in [6, 6.07) is 9.89. The Balaban J connectivity index is 2.12. The molecular formula is C21H23ClN2O6S. The smallest absolute Gasteiger partial charge is 0.338 e. The summed E-state index contributed by atoms with van der Waals surface area (Å²) in [7, 11) is -3.88. The summed E-state index contributed by atoms with van der Waals surface area (Å²) in [4.78, 5) is 35.5. The molecule has 2 aromatic rings. The first-order chi connectivity index (χ1) is 14.6. The summed E-state index contributed by atoms with van der Waals surface area (Å²) in [5.41, 5.74) is 0.788. The molecule has 0 fully saturated rings. The number of sulfonamides is 1. The second-order valence-electron chi connectivity index (χ2n) is 6.49. The third-order valence-corrected chi connectivity index (χ3v) is 6.88. The minimum atomic E-state index is -3.88. The molecule has 2 aromatic carbocycles. The fraction of sp³-hybridized carbons (Fsp3) is 0.286. The molecule has 1 amide bonds. The maximum absolute atomic E-state index is 12.7. The number of anilines is 1. The average Bonchev–Trinajstić information content (AvgIpc) is 2.72. The van der Waals surface area contributed by atoms with E-state index in [-0.39, 0.29) is 34.5 Å². The summed E-state index contributed by atoms with van der Waals surface area (Å²) in [5, 5.41) is 2.57. The summed E-state index contributed by atoms with van der Waals surface area (Å²) in [5.74, 6) is -1.54. The Morgan fingerprint density at radius 1 is 1.00 bits per heavy atom. The normalized spacial score (nSPS) is 11.3. The molecule has 0 aliphatic heterocycles. The second kappa shape index (κ2) is 10.5. The van der Waals surface area contributed by atoms with Gasteiger partial charge in [0.2, 0.25) is 15.9 Å². The lowest BCUT2D eigenvalue weighted by molar-refractivity contribution is -0.114. The van der Waals surface area contributed by atoms with Crippen molar-refractivity contribution in [3.8, 4) is 0 Å². The van der Waals surface area contributed by atoms with E-state index in [0.717, 1.165) is 6.07 Å². The van der Waals surface area contributed by atoms with E-state index < -0.39 is 28.4 Å². The van der Waals surface area contributed by atoms with Gasteiger partial charge in [0.25, 0.3) is 0 Å². The molecule has 0 atom stereocenters. The van der Waals surface area contributed by atoms with E-state index in [9.17, 15) is 22.8 Å². The first-order valence-corrected chi connectivity index (χ1v) is 11.3. The maximum Gasteiger partial charge on any atom is 0.338 e. The average molecular weight is 467 g/mol. The van der Waals surface area contributed by atoms with E-state index >= 15 is 0 Å². The van der Waals surface area contributed by atoms with Gasteiger partial charge in [-0.05, 0) is 42.5 Å². The monoisotopic (exact) mass is 466 g/mol. The molecule has 0 saturated heterocycles. The molecule has 31 heavy (non-hydrogen) atoms. The lowest BCUT2D eigenvalue weighted by atomic mass is 10.1. The fourth-order valence-electron chi connectivity index (χ4n) is 2.77. The van der Waals surface area contributed by atoms with Crippen molar-refractivity contribution in [2.45, 2.75) is 25.7 Å². The highest BCUT2D eigenvalue weighted by atomic mass is 35.5. The van der Waals surface area contributed by atoms with Crippen molar-refractivity contribution in [1.29, 1.82) is 0 Å². The van der Waals surface area contributed by atoms with Crippen molar-refractivity contribution in [1.82, 2.24) is 4.31 Å². The number of Topliss-reactive ketones (excluding diaryl/α,β-unsaturated/α-hetero) is 1. The summed E-state index contributed by atoms with van der Waals surface area (Å²) in [6.45, 7) is 4.73. The van der Waals surface area contributed by atoms with Crippen LogP contribution >= 0.6 is 11.6 Å². The number of carbonyl (C=O) groups is 3. The number of nitrogens with zero attached hydrogens (tertiary/aromatic N) is 1. The Kier molecular flexibility index (Phi) is 8.32. The van der Waals surface area contributed by atoms with Crippen LogP contribution in [-0.2, 0) is 19.6 Å². The van der Waals surface area contributed by atoms with Crippen LogP contribution in [0.1, 0.15) is 41.5 Å². The molecule has 0 aliphatic rings.